The number of ether oxygens (including phenoxy) is 1. The van der Waals surface area contributed by atoms with E-state index < -0.39 is 33.0 Å². The minimum atomic E-state index is -4.67. The van der Waals surface area contributed by atoms with Crippen LogP contribution in [-0.4, -0.2) is 46.7 Å². The fourth-order valence-corrected chi connectivity index (χ4v) is 3.07. The fraction of sp³-hybridized carbons (Fsp3) is 0.381. The monoisotopic (exact) mass is 437 g/mol. The zero-order valence-electron chi connectivity index (χ0n) is 16.9. The average molecular weight is 437 g/mol. The van der Waals surface area contributed by atoms with Gasteiger partial charge in [-0.1, -0.05) is 44.0 Å². The molecule has 0 aliphatic heterocycles. The molecule has 0 saturated carbocycles. The van der Waals surface area contributed by atoms with Gasteiger partial charge in [-0.15, -0.1) is 0 Å². The molecule has 0 aromatic heterocycles. The first-order valence-electron chi connectivity index (χ1n) is 9.77. The van der Waals surface area contributed by atoms with E-state index in [1.165, 1.54) is 0 Å². The van der Waals surface area contributed by atoms with E-state index in [2.05, 4.69) is 16.8 Å². The van der Waals surface area contributed by atoms with E-state index >= 15 is 0 Å². The number of hydrogen-bond donors (Lipinski definition) is 4. The summed E-state index contributed by atoms with van der Waals surface area (Å²) in [6.45, 7) is 1.83. The van der Waals surface area contributed by atoms with Crippen molar-refractivity contribution in [2.45, 2.75) is 32.2 Å². The Morgan fingerprint density at radius 3 is 2.17 bits per heavy atom. The largest absolute Gasteiger partial charge is 0.494 e. The average Bonchev–Trinajstić information content (AvgIpc) is 2.74. The lowest BCUT2D eigenvalue weighted by Crippen LogP contribution is -2.40. The van der Waals surface area contributed by atoms with E-state index in [4.69, 9.17) is 14.5 Å². The Morgan fingerprint density at radius 2 is 1.63 bits per heavy atom. The molecule has 1 atom stereocenters. The number of aliphatic hydroxyl groups excluding tert-OH is 1. The van der Waals surface area contributed by atoms with Crippen molar-refractivity contribution in [1.82, 2.24) is 5.32 Å². The Balaban J connectivity index is 1.93. The van der Waals surface area contributed by atoms with Gasteiger partial charge < -0.3 is 24.9 Å². The zero-order valence-corrected chi connectivity index (χ0v) is 17.8. The van der Waals surface area contributed by atoms with Crippen LogP contribution in [0.3, 0.4) is 0 Å². The molecule has 0 aliphatic rings. The highest BCUT2D eigenvalue weighted by atomic mass is 31.2. The lowest BCUT2D eigenvalue weighted by molar-refractivity contribution is 0.0867. The van der Waals surface area contributed by atoms with Crippen molar-refractivity contribution in [3.8, 4) is 16.9 Å². The number of carbonyl (C=O) groups excluding carboxylic acids is 1. The van der Waals surface area contributed by atoms with Crippen LogP contribution in [0.15, 0.2) is 48.5 Å². The third kappa shape index (κ3) is 8.26. The van der Waals surface area contributed by atoms with Gasteiger partial charge in [-0.25, -0.2) is 4.57 Å². The van der Waals surface area contributed by atoms with Crippen LogP contribution in [0.2, 0.25) is 0 Å². The maximum atomic E-state index is 12.3. The van der Waals surface area contributed by atoms with Gasteiger partial charge in [0.2, 0.25) is 0 Å². The second-order valence-electron chi connectivity index (χ2n) is 6.80. The molecule has 2 aromatic rings. The van der Waals surface area contributed by atoms with Crippen molar-refractivity contribution in [3.05, 3.63) is 54.1 Å². The molecular weight excluding hydrogens is 409 g/mol. The van der Waals surface area contributed by atoms with E-state index in [0.717, 1.165) is 36.1 Å². The van der Waals surface area contributed by atoms with E-state index in [1.807, 2.05) is 24.3 Å². The Morgan fingerprint density at radius 1 is 1.03 bits per heavy atom. The maximum absolute atomic E-state index is 12.3. The molecule has 0 fully saturated rings. The van der Waals surface area contributed by atoms with Crippen molar-refractivity contribution < 1.29 is 33.5 Å². The third-order valence-corrected chi connectivity index (χ3v) is 4.84. The Labute approximate surface area is 176 Å². The van der Waals surface area contributed by atoms with E-state index in [-0.39, 0.29) is 0 Å². The second kappa shape index (κ2) is 11.8. The van der Waals surface area contributed by atoms with Crippen LogP contribution in [0.5, 0.6) is 5.75 Å². The summed E-state index contributed by atoms with van der Waals surface area (Å²) in [5.74, 6) is 0.337. The van der Waals surface area contributed by atoms with Crippen LogP contribution >= 0.6 is 7.82 Å². The van der Waals surface area contributed by atoms with Crippen molar-refractivity contribution in [2.75, 3.05) is 19.8 Å². The van der Waals surface area contributed by atoms with Crippen LogP contribution in [0.1, 0.15) is 36.5 Å². The van der Waals surface area contributed by atoms with Gasteiger partial charge in [0.1, 0.15) is 5.75 Å². The standard InChI is InChI=1S/C21H28NO7P/c1-2-3-4-13-28-20-11-9-17(10-12-20)16-5-7-18(8-6-16)21(24)22-19(14-23)15-29-30(25,26)27/h5-12,19,23H,2-4,13-15H2,1H3,(H,22,24)(H2,25,26,27)/t19-/m1/s1. The molecule has 0 saturated heterocycles. The normalized spacial score (nSPS) is 12.4. The minimum absolute atomic E-state index is 0.351. The van der Waals surface area contributed by atoms with Crippen molar-refractivity contribution in [2.24, 2.45) is 0 Å². The summed E-state index contributed by atoms with van der Waals surface area (Å²) in [6.07, 6.45) is 3.33. The summed E-state index contributed by atoms with van der Waals surface area (Å²) in [6, 6.07) is 13.7. The SMILES string of the molecule is CCCCCOc1ccc(-c2ccc(C(=O)N[C@H](CO)COP(=O)(O)O)cc2)cc1. The smallest absolute Gasteiger partial charge is 0.469 e. The summed E-state index contributed by atoms with van der Waals surface area (Å²) >= 11 is 0. The number of nitrogens with one attached hydrogen (secondary N) is 1. The van der Waals surface area contributed by atoms with Gasteiger partial charge in [-0.05, 0) is 41.8 Å². The molecule has 8 nitrogen and oxygen atoms in total. The summed E-state index contributed by atoms with van der Waals surface area (Å²) in [7, 11) is -4.67. The van der Waals surface area contributed by atoms with Crippen LogP contribution in [0.25, 0.3) is 11.1 Å². The topological polar surface area (TPSA) is 125 Å². The molecule has 0 aliphatic carbocycles. The number of carbonyl (C=O) groups is 1. The molecule has 0 unspecified atom stereocenters. The number of aliphatic hydroxyl groups is 1. The predicted molar refractivity (Wildman–Crippen MR) is 113 cm³/mol. The van der Waals surface area contributed by atoms with Crippen LogP contribution in [0.4, 0.5) is 0 Å². The number of amides is 1. The summed E-state index contributed by atoms with van der Waals surface area (Å²) < 4.78 is 20.8. The first kappa shape index (κ1) is 24.1. The van der Waals surface area contributed by atoms with Crippen LogP contribution in [-0.2, 0) is 9.09 Å². The first-order chi connectivity index (χ1) is 14.3. The molecule has 164 valence electrons. The highest BCUT2D eigenvalue weighted by Crippen LogP contribution is 2.35. The minimum Gasteiger partial charge on any atom is -0.494 e. The molecule has 2 aromatic carbocycles. The molecule has 0 heterocycles. The van der Waals surface area contributed by atoms with Gasteiger partial charge in [-0.2, -0.15) is 0 Å². The van der Waals surface area contributed by atoms with E-state index in [9.17, 15) is 14.5 Å². The van der Waals surface area contributed by atoms with Gasteiger partial charge in [0, 0.05) is 5.56 Å². The van der Waals surface area contributed by atoms with Gasteiger partial charge in [-0.3, -0.25) is 9.32 Å². The molecule has 1 amide bonds. The predicted octanol–water partition coefficient (Wildman–Crippen LogP) is 3.12. The molecule has 4 N–H and O–H groups in total. The summed E-state index contributed by atoms with van der Waals surface area (Å²) in [5, 5.41) is 11.7. The van der Waals surface area contributed by atoms with E-state index in [1.54, 1.807) is 24.3 Å². The number of hydrogen-bond acceptors (Lipinski definition) is 5. The lowest BCUT2D eigenvalue weighted by Gasteiger charge is -2.16. The van der Waals surface area contributed by atoms with Crippen molar-refractivity contribution in [3.63, 3.8) is 0 Å². The Bertz CT molecular complexity index is 833. The van der Waals surface area contributed by atoms with Gasteiger partial charge in [0.05, 0.1) is 25.9 Å². The quantitative estimate of drug-likeness (QED) is 0.297. The maximum Gasteiger partial charge on any atom is 0.469 e. The Kier molecular flexibility index (Phi) is 9.49. The number of unbranched alkanes of at least 4 members (excludes halogenated alkanes) is 2. The lowest BCUT2D eigenvalue weighted by atomic mass is 10.0. The Hall–Kier alpha value is -2.22. The molecular formula is C21H28NO7P. The molecule has 0 bridgehead atoms. The van der Waals surface area contributed by atoms with Crippen LogP contribution < -0.4 is 10.1 Å². The highest BCUT2D eigenvalue weighted by Gasteiger charge is 2.19. The summed E-state index contributed by atoms with van der Waals surface area (Å²) in [4.78, 5) is 29.7. The molecule has 0 radical (unpaired) electrons. The van der Waals surface area contributed by atoms with Gasteiger partial charge >= 0.3 is 7.82 Å². The third-order valence-electron chi connectivity index (χ3n) is 4.35. The van der Waals surface area contributed by atoms with Gasteiger partial charge in [0.25, 0.3) is 5.91 Å². The molecule has 2 rings (SSSR count). The van der Waals surface area contributed by atoms with Gasteiger partial charge in [0.15, 0.2) is 0 Å². The van der Waals surface area contributed by atoms with Crippen LogP contribution in [0, 0.1) is 0 Å². The molecule has 30 heavy (non-hydrogen) atoms. The van der Waals surface area contributed by atoms with E-state index in [0.29, 0.717) is 12.2 Å². The summed E-state index contributed by atoms with van der Waals surface area (Å²) in [5.41, 5.74) is 2.25. The number of phosphoric acid groups is 1. The van der Waals surface area contributed by atoms with Crippen molar-refractivity contribution in [1.29, 1.82) is 0 Å². The molecule has 0 spiro atoms. The van der Waals surface area contributed by atoms with Crippen molar-refractivity contribution >= 4 is 13.7 Å². The molecule has 9 heteroatoms. The second-order valence-corrected chi connectivity index (χ2v) is 8.04. The zero-order chi connectivity index (χ0) is 22.0. The fourth-order valence-electron chi connectivity index (χ4n) is 2.70. The first-order valence-corrected chi connectivity index (χ1v) is 11.3. The number of phosphoric ester groups is 1. The highest BCUT2D eigenvalue weighted by molar-refractivity contribution is 7.46. The number of rotatable bonds is 12. The number of benzene rings is 2.